The average Bonchev–Trinajstić information content (AvgIpc) is 2.78. The number of aryl methyl sites for hydroxylation is 3. The number of amides is 1. The normalized spacial score (nSPS) is 14.6. The molecule has 0 N–H and O–H groups in total. The molecule has 0 saturated carbocycles. The van der Waals surface area contributed by atoms with Crippen LogP contribution in [-0.4, -0.2) is 34.6 Å². The van der Waals surface area contributed by atoms with Crippen LogP contribution >= 0.6 is 0 Å². The number of ether oxygens (including phenoxy) is 1. The van der Waals surface area contributed by atoms with Crippen LogP contribution in [0.1, 0.15) is 39.8 Å². The number of para-hydroxylation sites is 1. The van der Waals surface area contributed by atoms with Crippen molar-refractivity contribution in [3.8, 4) is 5.75 Å². The maximum absolute atomic E-state index is 12.7. The first kappa shape index (κ1) is 16.6. The van der Waals surface area contributed by atoms with Crippen LogP contribution in [0.5, 0.6) is 5.75 Å². The lowest BCUT2D eigenvalue weighted by molar-refractivity contribution is 0.0172. The van der Waals surface area contributed by atoms with Gasteiger partial charge in [-0.1, -0.05) is 18.2 Å². The first-order chi connectivity index (χ1) is 11.4. The van der Waals surface area contributed by atoms with Crippen molar-refractivity contribution in [3.63, 3.8) is 0 Å². The van der Waals surface area contributed by atoms with Gasteiger partial charge in [-0.3, -0.25) is 4.79 Å². The minimum absolute atomic E-state index is 0.0865. The van der Waals surface area contributed by atoms with Gasteiger partial charge in [0.15, 0.2) is 0 Å². The van der Waals surface area contributed by atoms with Crippen LogP contribution in [0.4, 0.5) is 0 Å². The standard InChI is InChI=1S/C20H26N2O2/c1-6-22-15(4)10-18(16(22)5)20(23)21-11-17(12-21)24-19-13(2)8-7-9-14(19)3/h7-10,17H,6,11-12H2,1-5H3. The van der Waals surface area contributed by atoms with Gasteiger partial charge >= 0.3 is 0 Å². The summed E-state index contributed by atoms with van der Waals surface area (Å²) in [5.41, 5.74) is 5.30. The molecule has 3 rings (SSSR count). The fourth-order valence-corrected chi connectivity index (χ4v) is 3.50. The Morgan fingerprint density at radius 1 is 1.17 bits per heavy atom. The van der Waals surface area contributed by atoms with Gasteiger partial charge < -0.3 is 14.2 Å². The van der Waals surface area contributed by atoms with E-state index in [1.165, 1.54) is 0 Å². The maximum Gasteiger partial charge on any atom is 0.255 e. The lowest BCUT2D eigenvalue weighted by Gasteiger charge is -2.39. The second-order valence-corrected chi connectivity index (χ2v) is 6.70. The van der Waals surface area contributed by atoms with Gasteiger partial charge in [0.25, 0.3) is 5.91 Å². The molecule has 24 heavy (non-hydrogen) atoms. The minimum atomic E-state index is 0.0865. The van der Waals surface area contributed by atoms with E-state index in [9.17, 15) is 4.79 Å². The van der Waals surface area contributed by atoms with Gasteiger partial charge in [-0.05, 0) is 51.8 Å². The number of nitrogens with zero attached hydrogens (tertiary/aromatic N) is 2. The predicted molar refractivity (Wildman–Crippen MR) is 95.8 cm³/mol. The van der Waals surface area contributed by atoms with Gasteiger partial charge in [0.1, 0.15) is 11.9 Å². The summed E-state index contributed by atoms with van der Waals surface area (Å²) in [6.07, 6.45) is 0.0865. The second-order valence-electron chi connectivity index (χ2n) is 6.70. The van der Waals surface area contributed by atoms with E-state index in [0.29, 0.717) is 13.1 Å². The maximum atomic E-state index is 12.7. The van der Waals surface area contributed by atoms with E-state index in [1.807, 2.05) is 24.0 Å². The van der Waals surface area contributed by atoms with E-state index in [-0.39, 0.29) is 12.0 Å². The van der Waals surface area contributed by atoms with Crippen LogP contribution in [0.25, 0.3) is 0 Å². The molecule has 1 aromatic carbocycles. The molecule has 1 fully saturated rings. The number of rotatable bonds is 4. The van der Waals surface area contributed by atoms with Crippen molar-refractivity contribution >= 4 is 5.91 Å². The highest BCUT2D eigenvalue weighted by molar-refractivity contribution is 5.96. The molecule has 1 amide bonds. The molecule has 2 aromatic rings. The van der Waals surface area contributed by atoms with Crippen LogP contribution < -0.4 is 4.74 Å². The van der Waals surface area contributed by atoms with Gasteiger partial charge in [0.05, 0.1) is 18.7 Å². The van der Waals surface area contributed by atoms with Gasteiger partial charge in [-0.2, -0.15) is 0 Å². The highest BCUT2D eigenvalue weighted by atomic mass is 16.5. The molecule has 1 aliphatic heterocycles. The molecule has 128 valence electrons. The Hall–Kier alpha value is -2.23. The molecule has 1 aliphatic rings. The summed E-state index contributed by atoms with van der Waals surface area (Å²) < 4.78 is 8.29. The molecule has 4 nitrogen and oxygen atoms in total. The predicted octanol–water partition coefficient (Wildman–Crippen LogP) is 3.65. The summed E-state index contributed by atoms with van der Waals surface area (Å²) in [5, 5.41) is 0. The van der Waals surface area contributed by atoms with Gasteiger partial charge in [0.2, 0.25) is 0 Å². The van der Waals surface area contributed by atoms with Crippen molar-refractivity contribution in [2.45, 2.75) is 47.3 Å². The largest absolute Gasteiger partial charge is 0.486 e. The fourth-order valence-electron chi connectivity index (χ4n) is 3.50. The average molecular weight is 326 g/mol. The van der Waals surface area contributed by atoms with E-state index in [2.05, 4.69) is 44.4 Å². The van der Waals surface area contributed by atoms with Crippen LogP contribution in [0.15, 0.2) is 24.3 Å². The molecule has 0 bridgehead atoms. The minimum Gasteiger partial charge on any atom is -0.486 e. The zero-order valence-electron chi connectivity index (χ0n) is 15.2. The Balaban J connectivity index is 1.65. The molecule has 0 unspecified atom stereocenters. The Bertz CT molecular complexity index is 750. The third-order valence-corrected chi connectivity index (χ3v) is 4.95. The smallest absolute Gasteiger partial charge is 0.255 e. The number of hydrogen-bond acceptors (Lipinski definition) is 2. The monoisotopic (exact) mass is 326 g/mol. The van der Waals surface area contributed by atoms with E-state index in [4.69, 9.17) is 4.74 Å². The van der Waals surface area contributed by atoms with Crippen LogP contribution in [0, 0.1) is 27.7 Å². The van der Waals surface area contributed by atoms with E-state index in [0.717, 1.165) is 40.4 Å². The lowest BCUT2D eigenvalue weighted by Crippen LogP contribution is -2.56. The third kappa shape index (κ3) is 2.81. The number of carbonyl (C=O) groups excluding carboxylic acids is 1. The topological polar surface area (TPSA) is 34.5 Å². The van der Waals surface area contributed by atoms with Crippen molar-refractivity contribution < 1.29 is 9.53 Å². The second kappa shape index (κ2) is 6.34. The fraction of sp³-hybridized carbons (Fsp3) is 0.450. The van der Waals surface area contributed by atoms with E-state index in [1.54, 1.807) is 0 Å². The molecule has 1 saturated heterocycles. The van der Waals surface area contributed by atoms with Crippen molar-refractivity contribution in [2.24, 2.45) is 0 Å². The molecular formula is C20H26N2O2. The lowest BCUT2D eigenvalue weighted by atomic mass is 10.1. The van der Waals surface area contributed by atoms with Crippen molar-refractivity contribution in [2.75, 3.05) is 13.1 Å². The summed E-state index contributed by atoms with van der Waals surface area (Å²) in [5.74, 6) is 1.07. The Labute approximate surface area is 144 Å². The third-order valence-electron chi connectivity index (χ3n) is 4.95. The van der Waals surface area contributed by atoms with Crippen molar-refractivity contribution in [3.05, 3.63) is 52.3 Å². The molecule has 4 heteroatoms. The van der Waals surface area contributed by atoms with E-state index < -0.39 is 0 Å². The number of aromatic nitrogens is 1. The molecule has 0 spiro atoms. The molecular weight excluding hydrogens is 300 g/mol. The summed E-state index contributed by atoms with van der Waals surface area (Å²) >= 11 is 0. The van der Waals surface area contributed by atoms with Crippen LogP contribution in [0.2, 0.25) is 0 Å². The van der Waals surface area contributed by atoms with Gasteiger partial charge in [-0.25, -0.2) is 0 Å². The van der Waals surface area contributed by atoms with Crippen molar-refractivity contribution in [1.82, 2.24) is 9.47 Å². The summed E-state index contributed by atoms with van der Waals surface area (Å²) in [6, 6.07) is 8.16. The highest BCUT2D eigenvalue weighted by Crippen LogP contribution is 2.27. The first-order valence-corrected chi connectivity index (χ1v) is 8.61. The van der Waals surface area contributed by atoms with Crippen molar-refractivity contribution in [1.29, 1.82) is 0 Å². The summed E-state index contributed by atoms with van der Waals surface area (Å²) in [7, 11) is 0. The quantitative estimate of drug-likeness (QED) is 0.859. The number of benzene rings is 1. The molecule has 0 aliphatic carbocycles. The van der Waals surface area contributed by atoms with E-state index >= 15 is 0 Å². The zero-order valence-corrected chi connectivity index (χ0v) is 15.2. The molecule has 0 atom stereocenters. The SMILES string of the molecule is CCn1c(C)cc(C(=O)N2CC(Oc3c(C)cccc3C)C2)c1C. The molecule has 0 radical (unpaired) electrons. The summed E-state index contributed by atoms with van der Waals surface area (Å²) in [4.78, 5) is 14.6. The Morgan fingerprint density at radius 2 is 1.79 bits per heavy atom. The number of carbonyl (C=O) groups is 1. The first-order valence-electron chi connectivity index (χ1n) is 8.61. The Kier molecular flexibility index (Phi) is 4.39. The number of hydrogen-bond donors (Lipinski definition) is 0. The van der Waals surface area contributed by atoms with Gasteiger partial charge in [-0.15, -0.1) is 0 Å². The highest BCUT2D eigenvalue weighted by Gasteiger charge is 2.34. The number of likely N-dealkylation sites (tertiary alicyclic amines) is 1. The zero-order chi connectivity index (χ0) is 17.4. The molecule has 1 aromatic heterocycles. The Morgan fingerprint density at radius 3 is 2.33 bits per heavy atom. The van der Waals surface area contributed by atoms with Gasteiger partial charge in [0, 0.05) is 17.9 Å². The van der Waals surface area contributed by atoms with Crippen LogP contribution in [0.3, 0.4) is 0 Å². The molecule has 2 heterocycles. The van der Waals surface area contributed by atoms with Crippen LogP contribution in [-0.2, 0) is 6.54 Å². The summed E-state index contributed by atoms with van der Waals surface area (Å²) in [6.45, 7) is 12.5.